The maximum atomic E-state index is 13.9. The molecule has 0 saturated heterocycles. The molecule has 0 aromatic heterocycles. The summed E-state index contributed by atoms with van der Waals surface area (Å²) in [5.74, 6) is -1.22. The molecule has 1 aliphatic rings. The van der Waals surface area contributed by atoms with E-state index in [9.17, 15) is 18.8 Å². The molecule has 0 bridgehead atoms. The Kier molecular flexibility index (Phi) is 5.98. The van der Waals surface area contributed by atoms with Crippen molar-refractivity contribution in [1.29, 1.82) is 0 Å². The predicted octanol–water partition coefficient (Wildman–Crippen LogP) is 3.95. The lowest BCUT2D eigenvalue weighted by molar-refractivity contribution is 0.0642. The number of fused-ring (bicyclic) bond motifs is 1. The Morgan fingerprint density at radius 3 is 2.28 bits per heavy atom. The number of nitrogens with one attached hydrogen (secondary N) is 1. The van der Waals surface area contributed by atoms with Crippen LogP contribution in [0.1, 0.15) is 49.1 Å². The Morgan fingerprint density at radius 2 is 1.62 bits per heavy atom. The van der Waals surface area contributed by atoms with Crippen molar-refractivity contribution in [2.24, 2.45) is 0 Å². The highest BCUT2D eigenvalue weighted by Crippen LogP contribution is 2.26. The average molecular weight is 432 g/mol. The zero-order chi connectivity index (χ0) is 22.7. The van der Waals surface area contributed by atoms with Gasteiger partial charge in [0.05, 0.1) is 29.8 Å². The second-order valence-corrected chi connectivity index (χ2v) is 7.28. The number of halogens is 1. The summed E-state index contributed by atoms with van der Waals surface area (Å²) < 4.78 is 19.4. The first kappa shape index (κ1) is 21.2. The number of carbonyl (C=O) groups is 3. The third-order valence-electron chi connectivity index (χ3n) is 5.20. The van der Waals surface area contributed by atoms with Crippen LogP contribution in [-0.2, 0) is 13.1 Å². The molecule has 0 unspecified atom stereocenters. The number of imide groups is 1. The number of nitrogens with zero attached hydrogens (tertiary/aromatic N) is 1. The topological polar surface area (TPSA) is 75.7 Å². The van der Waals surface area contributed by atoms with E-state index in [2.05, 4.69) is 5.32 Å². The molecule has 0 saturated carbocycles. The van der Waals surface area contributed by atoms with Gasteiger partial charge in [-0.3, -0.25) is 19.3 Å². The van der Waals surface area contributed by atoms with E-state index in [0.717, 1.165) is 4.90 Å². The van der Waals surface area contributed by atoms with E-state index in [-0.39, 0.29) is 30.5 Å². The van der Waals surface area contributed by atoms with Crippen molar-refractivity contribution in [3.05, 3.63) is 100 Å². The van der Waals surface area contributed by atoms with Gasteiger partial charge >= 0.3 is 0 Å². The maximum absolute atomic E-state index is 13.9. The first-order valence-electron chi connectivity index (χ1n) is 10.2. The minimum absolute atomic E-state index is 0.0136. The van der Waals surface area contributed by atoms with E-state index in [1.807, 2.05) is 0 Å². The van der Waals surface area contributed by atoms with Gasteiger partial charge in [-0.2, -0.15) is 0 Å². The zero-order valence-corrected chi connectivity index (χ0v) is 17.4. The van der Waals surface area contributed by atoms with Crippen LogP contribution in [-0.4, -0.2) is 29.2 Å². The summed E-state index contributed by atoms with van der Waals surface area (Å²) in [6.45, 7) is 2.19. The van der Waals surface area contributed by atoms with Crippen molar-refractivity contribution >= 4 is 17.7 Å². The normalized spacial score (nSPS) is 12.6. The molecule has 7 heteroatoms. The summed E-state index contributed by atoms with van der Waals surface area (Å²) in [4.78, 5) is 39.3. The van der Waals surface area contributed by atoms with Gasteiger partial charge in [-0.05, 0) is 42.8 Å². The van der Waals surface area contributed by atoms with Gasteiger partial charge in [-0.15, -0.1) is 0 Å². The molecule has 1 heterocycles. The van der Waals surface area contributed by atoms with Gasteiger partial charge in [0, 0.05) is 12.1 Å². The Bertz CT molecular complexity index is 1170. The fourth-order valence-electron chi connectivity index (χ4n) is 3.61. The van der Waals surface area contributed by atoms with Crippen LogP contribution in [0.25, 0.3) is 0 Å². The number of rotatable bonds is 7. The molecule has 3 amide bonds. The van der Waals surface area contributed by atoms with Gasteiger partial charge in [0.1, 0.15) is 11.6 Å². The lowest BCUT2D eigenvalue weighted by atomic mass is 10.1. The van der Waals surface area contributed by atoms with E-state index in [0.29, 0.717) is 34.6 Å². The van der Waals surface area contributed by atoms with Gasteiger partial charge in [0.15, 0.2) is 0 Å². The highest BCUT2D eigenvalue weighted by molar-refractivity contribution is 6.21. The SMILES string of the molecule is CCOc1ccc(CN2C(=O)c3ccccc3C2=O)cc1C(=O)NCc1ccccc1F. The van der Waals surface area contributed by atoms with Gasteiger partial charge in [0.25, 0.3) is 17.7 Å². The molecule has 162 valence electrons. The molecule has 0 spiro atoms. The van der Waals surface area contributed by atoms with E-state index in [1.165, 1.54) is 6.07 Å². The van der Waals surface area contributed by atoms with E-state index in [1.54, 1.807) is 67.6 Å². The lowest BCUT2D eigenvalue weighted by Gasteiger charge is -2.16. The first-order valence-corrected chi connectivity index (χ1v) is 10.2. The monoisotopic (exact) mass is 432 g/mol. The Hall–Kier alpha value is -4.00. The van der Waals surface area contributed by atoms with Crippen LogP contribution in [0.15, 0.2) is 66.7 Å². The zero-order valence-electron chi connectivity index (χ0n) is 17.4. The third-order valence-corrected chi connectivity index (χ3v) is 5.20. The lowest BCUT2D eigenvalue weighted by Crippen LogP contribution is -2.29. The second kappa shape index (κ2) is 9.01. The smallest absolute Gasteiger partial charge is 0.261 e. The van der Waals surface area contributed by atoms with Gasteiger partial charge in [-0.1, -0.05) is 36.4 Å². The molecule has 0 atom stereocenters. The minimum atomic E-state index is -0.444. The van der Waals surface area contributed by atoms with Gasteiger partial charge in [0.2, 0.25) is 0 Å². The Balaban J connectivity index is 1.55. The highest BCUT2D eigenvalue weighted by atomic mass is 19.1. The van der Waals surface area contributed by atoms with Crippen molar-refractivity contribution in [2.45, 2.75) is 20.0 Å². The van der Waals surface area contributed by atoms with Gasteiger partial charge in [-0.25, -0.2) is 4.39 Å². The number of benzene rings is 3. The van der Waals surface area contributed by atoms with Crippen LogP contribution in [0.2, 0.25) is 0 Å². The summed E-state index contributed by atoms with van der Waals surface area (Å²) in [6.07, 6.45) is 0. The average Bonchev–Trinajstić information content (AvgIpc) is 3.04. The molecule has 1 N–H and O–H groups in total. The van der Waals surface area contributed by atoms with E-state index in [4.69, 9.17) is 4.74 Å². The summed E-state index contributed by atoms with van der Waals surface area (Å²) in [6, 6.07) is 17.8. The van der Waals surface area contributed by atoms with E-state index >= 15 is 0 Å². The van der Waals surface area contributed by atoms with Crippen LogP contribution < -0.4 is 10.1 Å². The first-order chi connectivity index (χ1) is 15.5. The van der Waals surface area contributed by atoms with Crippen LogP contribution in [0.4, 0.5) is 4.39 Å². The summed E-state index contributed by atoms with van der Waals surface area (Å²) in [5.41, 5.74) is 1.94. The maximum Gasteiger partial charge on any atom is 0.261 e. The summed E-state index contributed by atoms with van der Waals surface area (Å²) >= 11 is 0. The predicted molar refractivity (Wildman–Crippen MR) is 116 cm³/mol. The summed E-state index contributed by atoms with van der Waals surface area (Å²) in [7, 11) is 0. The van der Waals surface area contributed by atoms with Crippen LogP contribution in [0, 0.1) is 5.82 Å². The largest absolute Gasteiger partial charge is 0.493 e. The fourth-order valence-corrected chi connectivity index (χ4v) is 3.61. The number of amides is 3. The number of ether oxygens (including phenoxy) is 1. The van der Waals surface area contributed by atoms with Crippen molar-refractivity contribution in [3.63, 3.8) is 0 Å². The molecule has 4 rings (SSSR count). The standard InChI is InChI=1S/C25H21FN2O4/c1-2-32-22-12-11-16(15-28-24(30)18-8-4-5-9-19(18)25(28)31)13-20(22)23(29)27-14-17-7-3-6-10-21(17)26/h3-13H,2,14-15H2,1H3,(H,27,29). The molecule has 1 aliphatic heterocycles. The molecule has 3 aromatic rings. The molecule has 0 aliphatic carbocycles. The highest BCUT2D eigenvalue weighted by Gasteiger charge is 2.35. The van der Waals surface area contributed by atoms with E-state index < -0.39 is 11.7 Å². The van der Waals surface area contributed by atoms with Crippen molar-refractivity contribution in [3.8, 4) is 5.75 Å². The van der Waals surface area contributed by atoms with Crippen LogP contribution in [0.5, 0.6) is 5.75 Å². The number of hydrogen-bond acceptors (Lipinski definition) is 4. The Labute approximate surface area is 184 Å². The summed E-state index contributed by atoms with van der Waals surface area (Å²) in [5, 5.41) is 2.70. The molecule has 6 nitrogen and oxygen atoms in total. The van der Waals surface area contributed by atoms with Gasteiger partial charge < -0.3 is 10.1 Å². The molecule has 0 radical (unpaired) electrons. The third kappa shape index (κ3) is 4.09. The molecule has 32 heavy (non-hydrogen) atoms. The number of carbonyl (C=O) groups excluding carboxylic acids is 3. The minimum Gasteiger partial charge on any atom is -0.493 e. The number of hydrogen-bond donors (Lipinski definition) is 1. The Morgan fingerprint density at radius 1 is 0.969 bits per heavy atom. The van der Waals surface area contributed by atoms with Crippen LogP contribution >= 0.6 is 0 Å². The molecular weight excluding hydrogens is 411 g/mol. The molecule has 0 fully saturated rings. The second-order valence-electron chi connectivity index (χ2n) is 7.28. The molecule has 3 aromatic carbocycles. The van der Waals surface area contributed by atoms with Crippen LogP contribution in [0.3, 0.4) is 0 Å². The quantitative estimate of drug-likeness (QED) is 0.574. The molecular formula is C25H21FN2O4. The van der Waals surface area contributed by atoms with Crippen molar-refractivity contribution < 1.29 is 23.5 Å². The fraction of sp³-hybridized carbons (Fsp3) is 0.160. The van der Waals surface area contributed by atoms with Crippen molar-refractivity contribution in [1.82, 2.24) is 10.2 Å². The van der Waals surface area contributed by atoms with Crippen molar-refractivity contribution in [2.75, 3.05) is 6.61 Å².